The average molecular weight is 207 g/mol. The third kappa shape index (κ3) is 4.15. The molecule has 0 bridgehead atoms. The van der Waals surface area contributed by atoms with Crippen molar-refractivity contribution < 1.29 is 6.22 Å². The van der Waals surface area contributed by atoms with Gasteiger partial charge in [-0.25, -0.2) is 0 Å². The van der Waals surface area contributed by atoms with Crippen LogP contribution in [0.1, 0.15) is 34.2 Å². The normalized spacial score (nSPS) is 12.2. The van der Waals surface area contributed by atoms with Gasteiger partial charge in [0.15, 0.2) is 0 Å². The molecule has 1 rings (SSSR count). The van der Waals surface area contributed by atoms with E-state index in [1.807, 2.05) is 12.1 Å². The number of rotatable bonds is 4. The van der Waals surface area contributed by atoms with Crippen LogP contribution in [-0.4, -0.2) is 5.91 Å². The van der Waals surface area contributed by atoms with Crippen LogP contribution < -0.4 is 5.32 Å². The third-order valence-corrected chi connectivity index (χ3v) is 2.56. The first-order valence-corrected chi connectivity index (χ1v) is 5.48. The summed E-state index contributed by atoms with van der Waals surface area (Å²) in [6, 6.07) is 8.08. The lowest BCUT2D eigenvalue weighted by molar-refractivity contribution is -0.114. The molecule has 1 aromatic rings. The molecule has 15 heavy (non-hydrogen) atoms. The van der Waals surface area contributed by atoms with Gasteiger partial charge in [-0.3, -0.25) is 4.79 Å². The predicted octanol–water partition coefficient (Wildman–Crippen LogP) is 3.48. The van der Waals surface area contributed by atoms with E-state index < -0.39 is 0 Å². The van der Waals surface area contributed by atoms with E-state index in [-0.39, 0.29) is 7.33 Å². The highest BCUT2D eigenvalue weighted by Crippen LogP contribution is 2.14. The lowest BCUT2D eigenvalue weighted by Crippen LogP contribution is -2.05. The molecule has 1 amide bonds. The Labute approximate surface area is 93.2 Å². The minimum atomic E-state index is -0.0234. The van der Waals surface area contributed by atoms with E-state index in [9.17, 15) is 4.79 Å². The lowest BCUT2D eigenvalue weighted by atomic mass is 9.99. The first-order chi connectivity index (χ1) is 7.11. The number of carbonyl (C=O) groups excluding carboxylic acids is 1. The number of benzene rings is 1. The summed E-state index contributed by atoms with van der Waals surface area (Å²) in [5, 5.41) is 2.76. The number of carbonyl (C=O) groups is 1. The first-order valence-electron chi connectivity index (χ1n) is 5.48. The van der Waals surface area contributed by atoms with Gasteiger partial charge in [-0.05, 0) is 30.0 Å². The van der Waals surface area contributed by atoms with Crippen LogP contribution in [0.15, 0.2) is 24.3 Å². The molecule has 0 heterocycles. The predicted molar refractivity (Wildman–Crippen MR) is 66.0 cm³/mol. The molecule has 0 aliphatic rings. The van der Waals surface area contributed by atoms with Crippen molar-refractivity contribution in [1.82, 2.24) is 0 Å². The van der Waals surface area contributed by atoms with Crippen molar-refractivity contribution in [3.63, 3.8) is 0 Å². The second kappa shape index (κ2) is 5.54. The fourth-order valence-corrected chi connectivity index (χ4v) is 1.47. The van der Waals surface area contributed by atoms with Gasteiger partial charge >= 0.3 is 0 Å². The molecule has 1 unspecified atom stereocenters. The molecular formula is C13H21NO. The van der Waals surface area contributed by atoms with E-state index in [4.69, 9.17) is 0 Å². The van der Waals surface area contributed by atoms with Gasteiger partial charge < -0.3 is 5.32 Å². The summed E-state index contributed by atoms with van der Waals surface area (Å²) < 4.78 is 0. The number of anilines is 1. The highest BCUT2D eigenvalue weighted by molar-refractivity contribution is 5.88. The van der Waals surface area contributed by atoms with Crippen LogP contribution in [0.2, 0.25) is 0 Å². The number of hydrogen-bond donors (Lipinski definition) is 1. The van der Waals surface area contributed by atoms with Crippen molar-refractivity contribution in [1.29, 1.82) is 0 Å². The Kier molecular flexibility index (Phi) is 4.35. The fraction of sp³-hybridized carbons (Fsp3) is 0.462. The maximum atomic E-state index is 10.8. The van der Waals surface area contributed by atoms with Gasteiger partial charge in [0, 0.05) is 14.0 Å². The first kappa shape index (κ1) is 11.8. The molecule has 0 saturated carbocycles. The Morgan fingerprint density at radius 3 is 2.47 bits per heavy atom. The van der Waals surface area contributed by atoms with E-state index >= 15 is 0 Å². The Bertz CT molecular complexity index is 321. The Morgan fingerprint density at radius 1 is 1.40 bits per heavy atom. The zero-order valence-corrected chi connectivity index (χ0v) is 9.71. The van der Waals surface area contributed by atoms with E-state index in [1.165, 1.54) is 18.9 Å². The highest BCUT2D eigenvalue weighted by atomic mass is 16.1. The fourth-order valence-electron chi connectivity index (χ4n) is 1.47. The van der Waals surface area contributed by atoms with Gasteiger partial charge in [0.2, 0.25) is 5.91 Å². The second-order valence-electron chi connectivity index (χ2n) is 4.10. The van der Waals surface area contributed by atoms with Gasteiger partial charge in [-0.15, -0.1) is 0 Å². The van der Waals surface area contributed by atoms with Crippen LogP contribution >= 0.6 is 0 Å². The minimum Gasteiger partial charge on any atom is -0.326 e. The van der Waals surface area contributed by atoms with Crippen molar-refractivity contribution in [2.75, 3.05) is 5.32 Å². The Balaban J connectivity index is 0.00000225. The molecule has 0 radical (unpaired) electrons. The summed E-state index contributed by atoms with van der Waals surface area (Å²) in [6.07, 6.45) is 2.31. The molecule has 0 aliphatic heterocycles. The van der Waals surface area contributed by atoms with Crippen LogP contribution in [0.25, 0.3) is 0 Å². The lowest BCUT2D eigenvalue weighted by Gasteiger charge is -2.09. The van der Waals surface area contributed by atoms with E-state index in [1.54, 1.807) is 0 Å². The smallest absolute Gasteiger partial charge is 0.221 e. The van der Waals surface area contributed by atoms with Crippen molar-refractivity contribution in [2.45, 2.75) is 33.6 Å². The third-order valence-electron chi connectivity index (χ3n) is 2.56. The van der Waals surface area contributed by atoms with Crippen molar-refractivity contribution in [3.8, 4) is 0 Å². The Morgan fingerprint density at radius 2 is 2.00 bits per heavy atom. The van der Waals surface area contributed by atoms with Crippen molar-refractivity contribution >= 4 is 11.6 Å². The summed E-state index contributed by atoms with van der Waals surface area (Å²) in [4.78, 5) is 10.8. The molecule has 1 aromatic carbocycles. The second-order valence-corrected chi connectivity index (χ2v) is 4.10. The zero-order chi connectivity index (χ0) is 11.3. The molecule has 0 saturated heterocycles. The molecule has 2 nitrogen and oxygen atoms in total. The summed E-state index contributed by atoms with van der Waals surface area (Å²) in [7, 11) is 0. The average Bonchev–Trinajstić information content (AvgIpc) is 2.20. The molecule has 84 valence electrons. The summed E-state index contributed by atoms with van der Waals surface area (Å²) in [5.41, 5.74) is 2.20. The van der Waals surface area contributed by atoms with Crippen molar-refractivity contribution in [3.05, 3.63) is 29.8 Å². The molecule has 1 N–H and O–H groups in total. The van der Waals surface area contributed by atoms with Gasteiger partial charge in [-0.2, -0.15) is 0 Å². The largest absolute Gasteiger partial charge is 0.326 e. The van der Waals surface area contributed by atoms with Gasteiger partial charge in [0.05, 0.1) is 0 Å². The van der Waals surface area contributed by atoms with Crippen LogP contribution in [0, 0.1) is 5.92 Å². The number of nitrogens with one attached hydrogen (secondary N) is 1. The Hall–Kier alpha value is -1.31. The van der Waals surface area contributed by atoms with E-state index in [0.29, 0.717) is 0 Å². The number of hydrogen-bond acceptors (Lipinski definition) is 1. The molecule has 1 atom stereocenters. The summed E-state index contributed by atoms with van der Waals surface area (Å²) >= 11 is 0. The monoisotopic (exact) mass is 207 g/mol. The quantitative estimate of drug-likeness (QED) is 0.804. The molecule has 0 fully saturated rings. The van der Waals surface area contributed by atoms with E-state index in [2.05, 4.69) is 31.3 Å². The van der Waals surface area contributed by atoms with Crippen molar-refractivity contribution in [2.24, 2.45) is 5.92 Å². The van der Waals surface area contributed by atoms with Crippen LogP contribution in [-0.2, 0) is 11.2 Å². The highest BCUT2D eigenvalue weighted by Gasteiger charge is 2.01. The topological polar surface area (TPSA) is 29.1 Å². The van der Waals surface area contributed by atoms with Crippen LogP contribution in [0.4, 0.5) is 5.69 Å². The zero-order valence-electron chi connectivity index (χ0n) is 9.71. The standard InChI is InChI=1S/C13H19NO.H2/c1-4-10(2)9-12-5-7-13(8-6-12)14-11(3)15;/h5-8,10H,4,9H2,1-3H3,(H,14,15);1H. The summed E-state index contributed by atoms with van der Waals surface area (Å²) in [5.74, 6) is 0.696. The molecule has 0 spiro atoms. The molecule has 0 aromatic heterocycles. The maximum Gasteiger partial charge on any atom is 0.221 e. The minimum absolute atomic E-state index is 0. The number of amides is 1. The summed E-state index contributed by atoms with van der Waals surface area (Å²) in [6.45, 7) is 5.98. The van der Waals surface area contributed by atoms with Crippen LogP contribution in [0.5, 0.6) is 0 Å². The maximum absolute atomic E-state index is 10.8. The van der Waals surface area contributed by atoms with Gasteiger partial charge in [0.25, 0.3) is 0 Å². The molecular weight excluding hydrogens is 186 g/mol. The molecule has 0 aliphatic carbocycles. The SMILES string of the molecule is CCC(C)Cc1ccc(NC(C)=O)cc1.[HH]. The van der Waals surface area contributed by atoms with Crippen LogP contribution in [0.3, 0.4) is 0 Å². The van der Waals surface area contributed by atoms with E-state index in [0.717, 1.165) is 18.0 Å². The van der Waals surface area contributed by atoms with Gasteiger partial charge in [-0.1, -0.05) is 32.4 Å². The molecule has 2 heteroatoms. The van der Waals surface area contributed by atoms with Gasteiger partial charge in [0.1, 0.15) is 0 Å².